The van der Waals surface area contributed by atoms with Crippen LogP contribution in [0.3, 0.4) is 0 Å². The molecule has 0 radical (unpaired) electrons. The zero-order valence-corrected chi connectivity index (χ0v) is 20.2. The lowest BCUT2D eigenvalue weighted by atomic mass is 10.2. The van der Waals surface area contributed by atoms with Gasteiger partial charge in [0.1, 0.15) is 11.5 Å². The summed E-state index contributed by atoms with van der Waals surface area (Å²) in [5.41, 5.74) is 1.82. The van der Waals surface area contributed by atoms with E-state index in [2.05, 4.69) is 15.5 Å². The van der Waals surface area contributed by atoms with Crippen LogP contribution in [0.4, 0.5) is 0 Å². The molecule has 2 aromatic carbocycles. The first-order valence-electron chi connectivity index (χ1n) is 10.3. The van der Waals surface area contributed by atoms with Crippen molar-refractivity contribution in [1.82, 2.24) is 20.1 Å². The Labute approximate surface area is 200 Å². The first-order valence-corrected chi connectivity index (χ1v) is 12.1. The van der Waals surface area contributed by atoms with Crippen molar-refractivity contribution in [1.29, 1.82) is 0 Å². The number of methoxy groups -OCH3 is 2. The number of carbonyl (C=O) groups is 1. The second-order valence-corrected chi connectivity index (χ2v) is 9.37. The van der Waals surface area contributed by atoms with E-state index < -0.39 is 0 Å². The van der Waals surface area contributed by atoms with Gasteiger partial charge in [-0.1, -0.05) is 42.1 Å². The van der Waals surface area contributed by atoms with Gasteiger partial charge in [-0.25, -0.2) is 0 Å². The number of para-hydroxylation sites is 2. The first kappa shape index (κ1) is 22.9. The third-order valence-corrected chi connectivity index (χ3v) is 6.89. The van der Waals surface area contributed by atoms with Crippen LogP contribution < -0.4 is 14.8 Å². The van der Waals surface area contributed by atoms with Crippen molar-refractivity contribution < 1.29 is 14.3 Å². The maximum absolute atomic E-state index is 12.8. The lowest BCUT2D eigenvalue weighted by Gasteiger charge is -2.15. The molecule has 33 heavy (non-hydrogen) atoms. The van der Waals surface area contributed by atoms with E-state index in [1.165, 1.54) is 11.8 Å². The van der Waals surface area contributed by atoms with Crippen LogP contribution in [0, 0.1) is 0 Å². The summed E-state index contributed by atoms with van der Waals surface area (Å²) in [5, 5.41) is 14.1. The minimum Gasteiger partial charge on any atom is -0.497 e. The molecule has 9 heteroatoms. The Hall–Kier alpha value is -3.30. The van der Waals surface area contributed by atoms with E-state index in [0.717, 1.165) is 21.9 Å². The number of ether oxygens (including phenoxy) is 2. The fraction of sp³-hybridized carbons (Fsp3) is 0.208. The SMILES string of the molecule is COc1ccc(CNC(=O)C(C)Sc2nnc(-c3cccs3)n2-c2ccccc2OC)cc1. The highest BCUT2D eigenvalue weighted by atomic mass is 32.2. The topological polar surface area (TPSA) is 78.3 Å². The van der Waals surface area contributed by atoms with Gasteiger partial charge in [0.05, 0.1) is 30.0 Å². The summed E-state index contributed by atoms with van der Waals surface area (Å²) in [4.78, 5) is 13.8. The number of nitrogens with zero attached hydrogens (tertiary/aromatic N) is 3. The molecule has 1 N–H and O–H groups in total. The van der Waals surface area contributed by atoms with Gasteiger partial charge >= 0.3 is 0 Å². The molecule has 2 aromatic heterocycles. The van der Waals surface area contributed by atoms with Crippen LogP contribution in [0.25, 0.3) is 16.4 Å². The number of nitrogens with one attached hydrogen (secondary N) is 1. The molecular weight excluding hydrogens is 456 g/mol. The Morgan fingerprint density at radius 2 is 1.85 bits per heavy atom. The number of aromatic nitrogens is 3. The number of thioether (sulfide) groups is 1. The second kappa shape index (κ2) is 10.5. The summed E-state index contributed by atoms with van der Waals surface area (Å²) < 4.78 is 12.7. The summed E-state index contributed by atoms with van der Waals surface area (Å²) >= 11 is 2.94. The van der Waals surface area contributed by atoms with Crippen LogP contribution >= 0.6 is 23.1 Å². The Morgan fingerprint density at radius 1 is 1.06 bits per heavy atom. The minimum atomic E-state index is -0.378. The van der Waals surface area contributed by atoms with Gasteiger partial charge in [0.15, 0.2) is 11.0 Å². The molecule has 0 aliphatic heterocycles. The maximum Gasteiger partial charge on any atom is 0.233 e. The summed E-state index contributed by atoms with van der Waals surface area (Å²) in [6.07, 6.45) is 0. The van der Waals surface area contributed by atoms with Crippen LogP contribution in [-0.4, -0.2) is 40.1 Å². The smallest absolute Gasteiger partial charge is 0.233 e. The third kappa shape index (κ3) is 5.20. The molecule has 0 bridgehead atoms. The molecule has 0 saturated carbocycles. The number of hydrogen-bond acceptors (Lipinski definition) is 7. The Kier molecular flexibility index (Phi) is 7.31. The van der Waals surface area contributed by atoms with Gasteiger partial charge in [-0.05, 0) is 48.2 Å². The minimum absolute atomic E-state index is 0.0805. The number of rotatable bonds is 9. The van der Waals surface area contributed by atoms with Crippen molar-refractivity contribution in [3.05, 3.63) is 71.6 Å². The van der Waals surface area contributed by atoms with E-state index in [9.17, 15) is 4.79 Å². The van der Waals surface area contributed by atoms with E-state index in [4.69, 9.17) is 9.47 Å². The van der Waals surface area contributed by atoms with Crippen LogP contribution in [0.15, 0.2) is 71.2 Å². The predicted octanol–water partition coefficient (Wildman–Crippen LogP) is 4.81. The van der Waals surface area contributed by atoms with E-state index >= 15 is 0 Å². The van der Waals surface area contributed by atoms with Gasteiger partial charge in [-0.3, -0.25) is 9.36 Å². The maximum atomic E-state index is 12.8. The fourth-order valence-corrected chi connectivity index (χ4v) is 4.81. The lowest BCUT2D eigenvalue weighted by molar-refractivity contribution is -0.120. The van der Waals surface area contributed by atoms with E-state index in [-0.39, 0.29) is 11.2 Å². The third-order valence-electron chi connectivity index (χ3n) is 4.98. The molecule has 4 aromatic rings. The van der Waals surface area contributed by atoms with Crippen LogP contribution in [0.2, 0.25) is 0 Å². The molecule has 0 spiro atoms. The highest BCUT2D eigenvalue weighted by molar-refractivity contribution is 8.00. The molecule has 1 atom stereocenters. The van der Waals surface area contributed by atoms with Crippen molar-refractivity contribution in [2.24, 2.45) is 0 Å². The van der Waals surface area contributed by atoms with Gasteiger partial charge < -0.3 is 14.8 Å². The first-order chi connectivity index (χ1) is 16.1. The van der Waals surface area contributed by atoms with Gasteiger partial charge in [-0.15, -0.1) is 21.5 Å². The quantitative estimate of drug-likeness (QED) is 0.347. The Bertz CT molecular complexity index is 1210. The molecule has 0 aliphatic carbocycles. The van der Waals surface area contributed by atoms with Crippen molar-refractivity contribution in [2.75, 3.05) is 14.2 Å². The molecular formula is C24H24N4O3S2. The predicted molar refractivity (Wildman–Crippen MR) is 131 cm³/mol. The van der Waals surface area contributed by atoms with Gasteiger partial charge in [0, 0.05) is 6.54 Å². The number of thiophene rings is 1. The molecule has 170 valence electrons. The number of carbonyl (C=O) groups excluding carboxylic acids is 1. The normalized spacial score (nSPS) is 11.7. The van der Waals surface area contributed by atoms with E-state index in [0.29, 0.717) is 23.3 Å². The Balaban J connectivity index is 1.55. The van der Waals surface area contributed by atoms with Gasteiger partial charge in [-0.2, -0.15) is 0 Å². The molecule has 0 aliphatic rings. The number of hydrogen-bond donors (Lipinski definition) is 1. The highest BCUT2D eigenvalue weighted by Crippen LogP contribution is 2.35. The zero-order valence-electron chi connectivity index (χ0n) is 18.5. The van der Waals surface area contributed by atoms with Gasteiger partial charge in [0.25, 0.3) is 0 Å². The van der Waals surface area contributed by atoms with Crippen molar-refractivity contribution in [2.45, 2.75) is 23.9 Å². The average Bonchev–Trinajstić information content (AvgIpc) is 3.52. The van der Waals surface area contributed by atoms with Gasteiger partial charge in [0.2, 0.25) is 5.91 Å². The second-order valence-electron chi connectivity index (χ2n) is 7.12. The Morgan fingerprint density at radius 3 is 2.55 bits per heavy atom. The van der Waals surface area contributed by atoms with Crippen LogP contribution in [-0.2, 0) is 11.3 Å². The lowest BCUT2D eigenvalue weighted by Crippen LogP contribution is -2.30. The highest BCUT2D eigenvalue weighted by Gasteiger charge is 2.23. The molecule has 1 unspecified atom stereocenters. The number of benzene rings is 2. The van der Waals surface area contributed by atoms with Crippen LogP contribution in [0.1, 0.15) is 12.5 Å². The molecule has 7 nitrogen and oxygen atoms in total. The summed E-state index contributed by atoms with van der Waals surface area (Å²) in [7, 11) is 3.26. The molecule has 2 heterocycles. The average molecular weight is 481 g/mol. The monoisotopic (exact) mass is 480 g/mol. The molecule has 1 amide bonds. The largest absolute Gasteiger partial charge is 0.497 e. The summed E-state index contributed by atoms with van der Waals surface area (Å²) in [6, 6.07) is 19.3. The summed E-state index contributed by atoms with van der Waals surface area (Å²) in [6.45, 7) is 2.30. The fourth-order valence-electron chi connectivity index (χ4n) is 3.23. The molecule has 4 rings (SSSR count). The van der Waals surface area contributed by atoms with Crippen molar-refractivity contribution >= 4 is 29.0 Å². The van der Waals surface area contributed by atoms with Crippen molar-refractivity contribution in [3.63, 3.8) is 0 Å². The van der Waals surface area contributed by atoms with E-state index in [1.54, 1.807) is 25.6 Å². The molecule has 0 fully saturated rings. The van der Waals surface area contributed by atoms with E-state index in [1.807, 2.05) is 77.5 Å². The van der Waals surface area contributed by atoms with Crippen LogP contribution in [0.5, 0.6) is 11.5 Å². The summed E-state index contributed by atoms with van der Waals surface area (Å²) in [5.74, 6) is 2.12. The molecule has 0 saturated heterocycles. The standard InChI is InChI=1S/C24H24N4O3S2/c1-16(23(29)25-15-17-10-12-18(30-2)13-11-17)33-24-27-26-22(21-9-6-14-32-21)28(24)19-7-4-5-8-20(19)31-3/h4-14,16H,15H2,1-3H3,(H,25,29). The van der Waals surface area contributed by atoms with Crippen molar-refractivity contribution in [3.8, 4) is 27.9 Å². The number of amides is 1. The zero-order chi connectivity index (χ0) is 23.2.